The number of ether oxygens (including phenoxy) is 1. The molecule has 0 unspecified atom stereocenters. The van der Waals surface area contributed by atoms with Gasteiger partial charge in [-0.05, 0) is 18.2 Å². The molecule has 2 amide bonds. The van der Waals surface area contributed by atoms with Gasteiger partial charge < -0.3 is 10.1 Å². The van der Waals surface area contributed by atoms with Gasteiger partial charge in [0, 0.05) is 23.9 Å². The molecule has 2 aromatic rings. The van der Waals surface area contributed by atoms with E-state index in [9.17, 15) is 19.7 Å². The molecule has 1 fully saturated rings. The molecule has 0 spiro atoms. The molecule has 0 bridgehead atoms. The van der Waals surface area contributed by atoms with Gasteiger partial charge in [-0.15, -0.1) is 0 Å². The van der Waals surface area contributed by atoms with Crippen LogP contribution in [0, 0.1) is 10.1 Å². The van der Waals surface area contributed by atoms with Crippen molar-refractivity contribution in [2.45, 2.75) is 12.5 Å². The topological polar surface area (TPSA) is 102 Å². The van der Waals surface area contributed by atoms with E-state index >= 15 is 0 Å². The lowest BCUT2D eigenvalue weighted by Gasteiger charge is -2.16. The normalized spacial score (nSPS) is 16.8. The molecule has 0 saturated carbocycles. The van der Waals surface area contributed by atoms with E-state index in [0.29, 0.717) is 17.1 Å². The van der Waals surface area contributed by atoms with E-state index in [1.54, 1.807) is 30.3 Å². The van der Waals surface area contributed by atoms with Crippen molar-refractivity contribution in [2.24, 2.45) is 0 Å². The Kier molecular flexibility index (Phi) is 4.34. The monoisotopic (exact) mass is 341 g/mol. The van der Waals surface area contributed by atoms with Crippen molar-refractivity contribution >= 4 is 28.9 Å². The molecule has 1 saturated heterocycles. The van der Waals surface area contributed by atoms with E-state index < -0.39 is 16.9 Å². The van der Waals surface area contributed by atoms with Crippen molar-refractivity contribution in [1.29, 1.82) is 0 Å². The van der Waals surface area contributed by atoms with E-state index in [4.69, 9.17) is 4.74 Å². The third-order valence-electron chi connectivity index (χ3n) is 3.86. The Bertz CT molecular complexity index is 852. The van der Waals surface area contributed by atoms with E-state index in [1.807, 2.05) is 0 Å². The van der Waals surface area contributed by atoms with Crippen LogP contribution in [0.5, 0.6) is 5.75 Å². The summed E-state index contributed by atoms with van der Waals surface area (Å²) in [6, 6.07) is 11.7. The average Bonchev–Trinajstić information content (AvgIpc) is 2.88. The highest BCUT2D eigenvalue weighted by atomic mass is 16.6. The molecule has 0 aromatic heterocycles. The molecular weight excluding hydrogens is 326 g/mol. The van der Waals surface area contributed by atoms with Crippen LogP contribution in [-0.4, -0.2) is 29.9 Å². The minimum atomic E-state index is -0.777. The Balaban J connectivity index is 1.81. The van der Waals surface area contributed by atoms with E-state index in [1.165, 1.54) is 25.3 Å². The molecule has 25 heavy (non-hydrogen) atoms. The van der Waals surface area contributed by atoms with Crippen molar-refractivity contribution < 1.29 is 19.2 Å². The summed E-state index contributed by atoms with van der Waals surface area (Å²) in [5, 5.41) is 13.7. The van der Waals surface area contributed by atoms with Gasteiger partial charge in [-0.25, -0.2) is 4.90 Å². The van der Waals surface area contributed by atoms with Gasteiger partial charge >= 0.3 is 0 Å². The zero-order valence-electron chi connectivity index (χ0n) is 13.3. The standard InChI is InChI=1S/C17H15N3O5/c1-25-14-7-3-5-12(9-14)19-16(21)10-15(17(19)22)18-11-4-2-6-13(8-11)20(23)24/h2-9,15,18H,10H2,1H3/t15-/m1/s1. The summed E-state index contributed by atoms with van der Waals surface area (Å²) in [5.74, 6) is -0.223. The number of non-ortho nitro benzene ring substituents is 1. The maximum atomic E-state index is 12.6. The predicted molar refractivity (Wildman–Crippen MR) is 90.6 cm³/mol. The van der Waals surface area contributed by atoms with Crippen LogP contribution < -0.4 is 15.0 Å². The minimum Gasteiger partial charge on any atom is -0.497 e. The van der Waals surface area contributed by atoms with E-state index in [0.717, 1.165) is 4.90 Å². The Morgan fingerprint density at radius 3 is 2.68 bits per heavy atom. The quantitative estimate of drug-likeness (QED) is 0.509. The lowest BCUT2D eigenvalue weighted by Crippen LogP contribution is -2.34. The molecule has 128 valence electrons. The maximum absolute atomic E-state index is 12.6. The van der Waals surface area contributed by atoms with Crippen LogP contribution in [-0.2, 0) is 9.59 Å². The number of nitrogens with one attached hydrogen (secondary N) is 1. The highest BCUT2D eigenvalue weighted by Crippen LogP contribution is 2.28. The Hall–Kier alpha value is -3.42. The third-order valence-corrected chi connectivity index (χ3v) is 3.86. The van der Waals surface area contributed by atoms with Gasteiger partial charge in [0.25, 0.3) is 11.6 Å². The van der Waals surface area contributed by atoms with Gasteiger partial charge in [-0.3, -0.25) is 19.7 Å². The summed E-state index contributed by atoms with van der Waals surface area (Å²) < 4.78 is 5.11. The fraction of sp³-hybridized carbons (Fsp3) is 0.176. The molecular formula is C17H15N3O5. The van der Waals surface area contributed by atoms with Gasteiger partial charge in [0.1, 0.15) is 11.8 Å². The van der Waals surface area contributed by atoms with Gasteiger partial charge in [-0.2, -0.15) is 0 Å². The number of hydrogen-bond acceptors (Lipinski definition) is 6. The van der Waals surface area contributed by atoms with Crippen molar-refractivity contribution in [3.8, 4) is 5.75 Å². The van der Waals surface area contributed by atoms with Crippen LogP contribution in [0.1, 0.15) is 6.42 Å². The number of carbonyl (C=O) groups is 2. The van der Waals surface area contributed by atoms with Gasteiger partial charge in [0.05, 0.1) is 24.1 Å². The van der Waals surface area contributed by atoms with Gasteiger partial charge in [0.15, 0.2) is 0 Å². The largest absolute Gasteiger partial charge is 0.497 e. The molecule has 1 heterocycles. The summed E-state index contributed by atoms with van der Waals surface area (Å²) in [4.78, 5) is 36.3. The number of methoxy groups -OCH3 is 1. The highest BCUT2D eigenvalue weighted by molar-refractivity contribution is 6.23. The fourth-order valence-corrected chi connectivity index (χ4v) is 2.68. The average molecular weight is 341 g/mol. The smallest absolute Gasteiger partial charge is 0.271 e. The zero-order chi connectivity index (χ0) is 18.0. The number of amides is 2. The van der Waals surface area contributed by atoms with Crippen LogP contribution in [0.3, 0.4) is 0 Å². The number of rotatable bonds is 5. The highest BCUT2D eigenvalue weighted by Gasteiger charge is 2.39. The molecule has 8 nitrogen and oxygen atoms in total. The molecule has 0 aliphatic carbocycles. The van der Waals surface area contributed by atoms with Crippen LogP contribution in [0.2, 0.25) is 0 Å². The molecule has 1 aliphatic rings. The summed E-state index contributed by atoms with van der Waals surface area (Å²) >= 11 is 0. The summed E-state index contributed by atoms with van der Waals surface area (Å²) in [5.41, 5.74) is 0.747. The van der Waals surface area contributed by atoms with Crippen LogP contribution in [0.4, 0.5) is 17.1 Å². The second kappa shape index (κ2) is 6.60. The molecule has 8 heteroatoms. The van der Waals surface area contributed by atoms with Crippen LogP contribution in [0.25, 0.3) is 0 Å². The van der Waals surface area contributed by atoms with Crippen molar-refractivity contribution in [1.82, 2.24) is 0 Å². The van der Waals surface area contributed by atoms with Crippen LogP contribution >= 0.6 is 0 Å². The summed E-state index contributed by atoms with van der Waals surface area (Å²) in [7, 11) is 1.50. The SMILES string of the molecule is COc1cccc(N2C(=O)C[C@@H](Nc3cccc([N+](=O)[O-])c3)C2=O)c1. The Morgan fingerprint density at radius 2 is 1.96 bits per heavy atom. The number of benzene rings is 2. The van der Waals surface area contributed by atoms with Crippen molar-refractivity contribution in [2.75, 3.05) is 17.3 Å². The lowest BCUT2D eigenvalue weighted by atomic mass is 10.2. The number of nitro benzene ring substituents is 1. The molecule has 3 rings (SSSR count). The number of carbonyl (C=O) groups excluding carboxylic acids is 2. The second-order valence-corrected chi connectivity index (χ2v) is 5.48. The van der Waals surface area contributed by atoms with Gasteiger partial charge in [-0.1, -0.05) is 12.1 Å². The number of imide groups is 1. The predicted octanol–water partition coefficient (Wildman–Crippen LogP) is 2.35. The zero-order valence-corrected chi connectivity index (χ0v) is 13.3. The van der Waals surface area contributed by atoms with Gasteiger partial charge in [0.2, 0.25) is 5.91 Å². The van der Waals surface area contributed by atoms with Crippen LogP contribution in [0.15, 0.2) is 48.5 Å². The first-order valence-corrected chi connectivity index (χ1v) is 7.51. The molecule has 1 N–H and O–H groups in total. The summed E-state index contributed by atoms with van der Waals surface area (Å²) in [6.45, 7) is 0. The van der Waals surface area contributed by atoms with E-state index in [2.05, 4.69) is 5.32 Å². The number of hydrogen-bond donors (Lipinski definition) is 1. The Labute approximate surface area is 143 Å². The molecule has 1 aliphatic heterocycles. The lowest BCUT2D eigenvalue weighted by molar-refractivity contribution is -0.384. The summed E-state index contributed by atoms with van der Waals surface area (Å²) in [6.07, 6.45) is -0.0290. The molecule has 2 aromatic carbocycles. The Morgan fingerprint density at radius 1 is 1.20 bits per heavy atom. The fourth-order valence-electron chi connectivity index (χ4n) is 2.68. The first kappa shape index (κ1) is 16.4. The molecule has 1 atom stereocenters. The number of nitrogens with zero attached hydrogens (tertiary/aromatic N) is 2. The number of anilines is 2. The van der Waals surface area contributed by atoms with E-state index in [-0.39, 0.29) is 18.0 Å². The second-order valence-electron chi connectivity index (χ2n) is 5.48. The third kappa shape index (κ3) is 3.27. The first-order valence-electron chi connectivity index (χ1n) is 7.51. The molecule has 0 radical (unpaired) electrons. The first-order chi connectivity index (χ1) is 12.0. The van der Waals surface area contributed by atoms with Crippen molar-refractivity contribution in [3.05, 3.63) is 58.6 Å². The minimum absolute atomic E-state index is 0.0290. The van der Waals surface area contributed by atoms with Crippen molar-refractivity contribution in [3.63, 3.8) is 0 Å². The maximum Gasteiger partial charge on any atom is 0.271 e. The number of nitro groups is 1.